The smallest absolute Gasteiger partial charge is 0.409 e. The molecule has 2 amide bonds. The highest BCUT2D eigenvalue weighted by molar-refractivity contribution is 14.0. The zero-order valence-electron chi connectivity index (χ0n) is 15.9. The van der Waals surface area contributed by atoms with Gasteiger partial charge in [-0.1, -0.05) is 0 Å². The average molecular weight is 469 g/mol. The molecule has 0 atom stereocenters. The summed E-state index contributed by atoms with van der Waals surface area (Å²) in [4.78, 5) is 32.1. The summed E-state index contributed by atoms with van der Waals surface area (Å²) >= 11 is 0. The lowest BCUT2D eigenvalue weighted by Crippen LogP contribution is -2.54. The number of rotatable bonds is 5. The zero-order valence-corrected chi connectivity index (χ0v) is 18.3. The number of carbonyl (C=O) groups excluding carboxylic acids is 2. The van der Waals surface area contributed by atoms with Gasteiger partial charge in [-0.15, -0.1) is 24.0 Å². The van der Waals surface area contributed by atoms with Crippen LogP contribution in [0.25, 0.3) is 0 Å². The van der Waals surface area contributed by atoms with E-state index in [0.29, 0.717) is 39.3 Å². The Labute approximate surface area is 167 Å². The Balaban J connectivity index is 0.00000576. The van der Waals surface area contributed by atoms with Gasteiger partial charge in [0.05, 0.1) is 18.6 Å². The van der Waals surface area contributed by atoms with Gasteiger partial charge in [-0.2, -0.15) is 0 Å². The molecule has 1 saturated heterocycles. The first-order valence-corrected chi connectivity index (χ1v) is 8.52. The van der Waals surface area contributed by atoms with E-state index in [-0.39, 0.29) is 36.0 Å². The molecule has 0 spiro atoms. The minimum Gasteiger partial charge on any atom is -0.450 e. The van der Waals surface area contributed by atoms with E-state index in [2.05, 4.69) is 20.5 Å². The lowest BCUT2D eigenvalue weighted by molar-refractivity contribution is -0.128. The molecule has 146 valence electrons. The van der Waals surface area contributed by atoms with Crippen molar-refractivity contribution in [2.24, 2.45) is 10.4 Å². The van der Waals surface area contributed by atoms with Crippen LogP contribution in [0, 0.1) is 5.41 Å². The number of carbonyl (C=O) groups is 2. The van der Waals surface area contributed by atoms with E-state index in [0.717, 1.165) is 12.5 Å². The Morgan fingerprint density at radius 3 is 2.16 bits per heavy atom. The van der Waals surface area contributed by atoms with E-state index in [1.807, 2.05) is 20.8 Å². The summed E-state index contributed by atoms with van der Waals surface area (Å²) in [5, 5.41) is 5.93. The molecule has 0 aliphatic carbocycles. The van der Waals surface area contributed by atoms with Crippen LogP contribution in [0.15, 0.2) is 4.99 Å². The fourth-order valence-corrected chi connectivity index (χ4v) is 2.42. The maximum Gasteiger partial charge on any atom is 0.409 e. The number of halogens is 1. The number of aliphatic imine (C=N–C) groups is 1. The molecule has 2 N–H and O–H groups in total. The molecule has 1 fully saturated rings. The minimum absolute atomic E-state index is 0. The van der Waals surface area contributed by atoms with Gasteiger partial charge in [-0.25, -0.2) is 4.79 Å². The van der Waals surface area contributed by atoms with Crippen LogP contribution in [0.5, 0.6) is 0 Å². The molecule has 0 aromatic heterocycles. The van der Waals surface area contributed by atoms with E-state index >= 15 is 0 Å². The Hall–Kier alpha value is -1.26. The number of nitrogens with zero attached hydrogens (tertiary/aromatic N) is 3. The molecule has 9 heteroatoms. The van der Waals surface area contributed by atoms with E-state index in [1.165, 1.54) is 0 Å². The normalized spacial score (nSPS) is 15.3. The van der Waals surface area contributed by atoms with Gasteiger partial charge in [0.25, 0.3) is 0 Å². The molecule has 0 aromatic rings. The van der Waals surface area contributed by atoms with Crippen molar-refractivity contribution in [3.8, 4) is 0 Å². The summed E-state index contributed by atoms with van der Waals surface area (Å²) in [6.45, 7) is 11.7. The summed E-state index contributed by atoms with van der Waals surface area (Å²) in [6.07, 6.45) is -0.264. The van der Waals surface area contributed by atoms with Crippen LogP contribution < -0.4 is 10.6 Å². The summed E-state index contributed by atoms with van der Waals surface area (Å²) < 4.78 is 5.03. The zero-order chi connectivity index (χ0) is 18.2. The predicted molar refractivity (Wildman–Crippen MR) is 109 cm³/mol. The molecule has 0 unspecified atom stereocenters. The molecule has 8 nitrogen and oxygen atoms in total. The Morgan fingerprint density at radius 2 is 1.68 bits per heavy atom. The van der Waals surface area contributed by atoms with Crippen LogP contribution in [0.4, 0.5) is 4.79 Å². The van der Waals surface area contributed by atoms with Crippen molar-refractivity contribution in [1.29, 1.82) is 0 Å². The SMILES string of the molecule is CCNC(=NCC(C)(C)C(=O)NC)N1CCN(C(=O)OCC)CC1.I. The number of piperazine rings is 1. The van der Waals surface area contributed by atoms with Gasteiger partial charge in [0.15, 0.2) is 5.96 Å². The molecule has 1 rings (SSSR count). The molecule has 1 heterocycles. The Bertz CT molecular complexity index is 463. The van der Waals surface area contributed by atoms with Gasteiger partial charge in [-0.05, 0) is 27.7 Å². The third kappa shape index (κ3) is 7.25. The number of amides is 2. The molecule has 25 heavy (non-hydrogen) atoms. The van der Waals surface area contributed by atoms with Crippen molar-refractivity contribution in [2.75, 3.05) is 52.9 Å². The van der Waals surface area contributed by atoms with Crippen molar-refractivity contribution in [3.05, 3.63) is 0 Å². The Kier molecular flexibility index (Phi) is 10.8. The average Bonchev–Trinajstić information content (AvgIpc) is 2.58. The number of guanidine groups is 1. The summed E-state index contributed by atoms with van der Waals surface area (Å²) in [7, 11) is 1.63. The predicted octanol–water partition coefficient (Wildman–Crippen LogP) is 1.12. The van der Waals surface area contributed by atoms with E-state index < -0.39 is 5.41 Å². The van der Waals surface area contributed by atoms with Gasteiger partial charge in [0, 0.05) is 39.8 Å². The second-order valence-corrected chi connectivity index (χ2v) is 6.31. The van der Waals surface area contributed by atoms with Crippen LogP contribution in [0.1, 0.15) is 27.7 Å². The fourth-order valence-electron chi connectivity index (χ4n) is 2.42. The first-order valence-electron chi connectivity index (χ1n) is 8.52. The van der Waals surface area contributed by atoms with Gasteiger partial charge >= 0.3 is 6.09 Å². The highest BCUT2D eigenvalue weighted by atomic mass is 127. The highest BCUT2D eigenvalue weighted by Crippen LogP contribution is 2.16. The molecule has 1 aliphatic heterocycles. The van der Waals surface area contributed by atoms with E-state index in [1.54, 1.807) is 18.9 Å². The van der Waals surface area contributed by atoms with E-state index in [4.69, 9.17) is 4.74 Å². The lowest BCUT2D eigenvalue weighted by Gasteiger charge is -2.36. The summed E-state index contributed by atoms with van der Waals surface area (Å²) in [5.74, 6) is 0.743. The maximum absolute atomic E-state index is 11.9. The minimum atomic E-state index is -0.567. The summed E-state index contributed by atoms with van der Waals surface area (Å²) in [5.41, 5.74) is -0.567. The van der Waals surface area contributed by atoms with Gasteiger partial charge in [0.1, 0.15) is 0 Å². The summed E-state index contributed by atoms with van der Waals surface area (Å²) in [6, 6.07) is 0. The molecule has 0 bridgehead atoms. The standard InChI is InChI=1S/C16H31N5O3.HI/c1-6-18-14(19-12-16(3,4)13(22)17-5)20-8-10-21(11-9-20)15(23)24-7-2;/h6-12H2,1-5H3,(H,17,22)(H,18,19);1H. The molecule has 1 aliphatic rings. The molecule has 0 saturated carbocycles. The van der Waals surface area contributed by atoms with Crippen molar-refractivity contribution >= 4 is 41.9 Å². The molecular formula is C16H32IN5O3. The van der Waals surface area contributed by atoms with Crippen molar-refractivity contribution < 1.29 is 14.3 Å². The van der Waals surface area contributed by atoms with Crippen LogP contribution in [0.2, 0.25) is 0 Å². The van der Waals surface area contributed by atoms with Crippen molar-refractivity contribution in [1.82, 2.24) is 20.4 Å². The highest BCUT2D eigenvalue weighted by Gasteiger charge is 2.28. The van der Waals surface area contributed by atoms with Gasteiger partial charge in [-0.3, -0.25) is 9.79 Å². The molecular weight excluding hydrogens is 437 g/mol. The number of nitrogens with one attached hydrogen (secondary N) is 2. The monoisotopic (exact) mass is 469 g/mol. The second kappa shape index (κ2) is 11.4. The second-order valence-electron chi connectivity index (χ2n) is 6.31. The van der Waals surface area contributed by atoms with Crippen molar-refractivity contribution in [2.45, 2.75) is 27.7 Å². The van der Waals surface area contributed by atoms with Gasteiger partial charge in [0.2, 0.25) is 5.91 Å². The fraction of sp³-hybridized carbons (Fsp3) is 0.812. The third-order valence-electron chi connectivity index (χ3n) is 3.91. The topological polar surface area (TPSA) is 86.3 Å². The van der Waals surface area contributed by atoms with Crippen molar-refractivity contribution in [3.63, 3.8) is 0 Å². The molecule has 0 radical (unpaired) electrons. The van der Waals surface area contributed by atoms with Crippen LogP contribution in [0.3, 0.4) is 0 Å². The van der Waals surface area contributed by atoms with Crippen LogP contribution in [-0.4, -0.2) is 80.7 Å². The third-order valence-corrected chi connectivity index (χ3v) is 3.91. The quantitative estimate of drug-likeness (QED) is 0.358. The number of hydrogen-bond donors (Lipinski definition) is 2. The number of ether oxygens (including phenoxy) is 1. The first kappa shape index (κ1) is 23.7. The lowest BCUT2D eigenvalue weighted by atomic mass is 9.93. The van der Waals surface area contributed by atoms with Gasteiger partial charge < -0.3 is 25.2 Å². The molecule has 0 aromatic carbocycles. The first-order chi connectivity index (χ1) is 11.4. The maximum atomic E-state index is 11.9. The van der Waals surface area contributed by atoms with E-state index in [9.17, 15) is 9.59 Å². The van der Waals surface area contributed by atoms with Crippen LogP contribution >= 0.6 is 24.0 Å². The number of hydrogen-bond acceptors (Lipinski definition) is 4. The van der Waals surface area contributed by atoms with Crippen LogP contribution in [-0.2, 0) is 9.53 Å². The largest absolute Gasteiger partial charge is 0.450 e. The Morgan fingerprint density at radius 1 is 1.12 bits per heavy atom.